The van der Waals surface area contributed by atoms with Gasteiger partial charge in [-0.2, -0.15) is 0 Å². The van der Waals surface area contributed by atoms with Crippen LogP contribution in [0.2, 0.25) is 0 Å². The molecule has 0 spiro atoms. The van der Waals surface area contributed by atoms with E-state index in [1.54, 1.807) is 7.11 Å². The summed E-state index contributed by atoms with van der Waals surface area (Å²) >= 11 is 0. The molecule has 2 N–H and O–H groups in total. The first-order chi connectivity index (χ1) is 10.7. The van der Waals surface area contributed by atoms with Gasteiger partial charge in [0.2, 0.25) is 5.91 Å². The van der Waals surface area contributed by atoms with E-state index in [2.05, 4.69) is 10.6 Å². The number of carbonyl (C=O) groups excluding carboxylic acids is 1. The molecule has 1 aliphatic rings. The number of methoxy groups -OCH3 is 1. The summed E-state index contributed by atoms with van der Waals surface area (Å²) in [5.41, 5.74) is 0.993. The van der Waals surface area contributed by atoms with E-state index < -0.39 is 0 Å². The van der Waals surface area contributed by atoms with Gasteiger partial charge < -0.3 is 24.8 Å². The fourth-order valence-corrected chi connectivity index (χ4v) is 2.31. The summed E-state index contributed by atoms with van der Waals surface area (Å²) < 4.78 is 16.0. The van der Waals surface area contributed by atoms with Crippen LogP contribution in [0.5, 0.6) is 5.75 Å². The highest BCUT2D eigenvalue weighted by molar-refractivity contribution is 5.82. The van der Waals surface area contributed by atoms with Crippen molar-refractivity contribution in [2.45, 2.75) is 25.6 Å². The highest BCUT2D eigenvalue weighted by atomic mass is 16.5. The molecule has 0 aromatic heterocycles. The lowest BCUT2D eigenvalue weighted by Crippen LogP contribution is -2.55. The maximum absolute atomic E-state index is 12.2. The molecule has 2 atom stereocenters. The van der Waals surface area contributed by atoms with Gasteiger partial charge in [-0.25, -0.2) is 0 Å². The Labute approximate surface area is 131 Å². The van der Waals surface area contributed by atoms with Gasteiger partial charge in [0.25, 0.3) is 0 Å². The van der Waals surface area contributed by atoms with Crippen molar-refractivity contribution in [3.8, 4) is 5.75 Å². The predicted molar refractivity (Wildman–Crippen MR) is 82.9 cm³/mol. The number of amides is 1. The van der Waals surface area contributed by atoms with Crippen LogP contribution in [0.4, 0.5) is 0 Å². The van der Waals surface area contributed by atoms with E-state index in [1.165, 1.54) is 0 Å². The van der Waals surface area contributed by atoms with E-state index in [-0.39, 0.29) is 18.1 Å². The molecule has 1 amide bonds. The van der Waals surface area contributed by atoms with Crippen molar-refractivity contribution in [1.82, 2.24) is 10.6 Å². The number of hydrogen-bond donors (Lipinski definition) is 2. The molecular formula is C16H24N2O4. The molecule has 2 rings (SSSR count). The maximum Gasteiger partial charge on any atom is 0.240 e. The summed E-state index contributed by atoms with van der Waals surface area (Å²) in [5.74, 6) is 0.731. The molecule has 0 radical (unpaired) electrons. The van der Waals surface area contributed by atoms with Crippen molar-refractivity contribution in [2.24, 2.45) is 0 Å². The molecule has 122 valence electrons. The van der Waals surface area contributed by atoms with Crippen molar-refractivity contribution >= 4 is 5.91 Å². The van der Waals surface area contributed by atoms with Gasteiger partial charge in [0.05, 0.1) is 19.3 Å². The van der Waals surface area contributed by atoms with E-state index in [0.717, 1.165) is 11.3 Å². The molecule has 1 aromatic carbocycles. The lowest BCUT2D eigenvalue weighted by Gasteiger charge is -2.29. The van der Waals surface area contributed by atoms with Crippen LogP contribution >= 0.6 is 0 Å². The van der Waals surface area contributed by atoms with Crippen molar-refractivity contribution in [3.63, 3.8) is 0 Å². The Bertz CT molecular complexity index is 481. The van der Waals surface area contributed by atoms with E-state index in [1.807, 2.05) is 31.2 Å². The number of nitrogens with one attached hydrogen (secondary N) is 2. The Balaban J connectivity index is 1.82. The molecule has 1 aliphatic heterocycles. The van der Waals surface area contributed by atoms with Gasteiger partial charge in [-0.15, -0.1) is 0 Å². The summed E-state index contributed by atoms with van der Waals surface area (Å²) in [6.45, 7) is 4.77. The van der Waals surface area contributed by atoms with Crippen molar-refractivity contribution in [3.05, 3.63) is 29.8 Å². The largest absolute Gasteiger partial charge is 0.491 e. The molecule has 0 saturated carbocycles. The Morgan fingerprint density at radius 2 is 2.32 bits per heavy atom. The van der Waals surface area contributed by atoms with Crippen LogP contribution in [-0.2, 0) is 20.8 Å². The Morgan fingerprint density at radius 3 is 3.09 bits per heavy atom. The molecule has 1 heterocycles. The molecule has 0 bridgehead atoms. The van der Waals surface area contributed by atoms with Gasteiger partial charge in [-0.3, -0.25) is 4.79 Å². The van der Waals surface area contributed by atoms with Crippen LogP contribution in [0.1, 0.15) is 12.5 Å². The van der Waals surface area contributed by atoms with E-state index in [9.17, 15) is 4.79 Å². The monoisotopic (exact) mass is 308 g/mol. The minimum atomic E-state index is -0.296. The maximum atomic E-state index is 12.2. The molecule has 6 nitrogen and oxygen atoms in total. The van der Waals surface area contributed by atoms with Crippen LogP contribution in [0.3, 0.4) is 0 Å². The average molecular weight is 308 g/mol. The SMILES string of the molecule is COCCOc1cccc(CNC(=O)[C@H]2NCCO[C@@H]2C)c1. The second kappa shape index (κ2) is 8.73. The lowest BCUT2D eigenvalue weighted by molar-refractivity contribution is -0.129. The highest BCUT2D eigenvalue weighted by Crippen LogP contribution is 2.13. The van der Waals surface area contributed by atoms with Crippen molar-refractivity contribution in [1.29, 1.82) is 0 Å². The van der Waals surface area contributed by atoms with Crippen LogP contribution in [0.15, 0.2) is 24.3 Å². The molecule has 0 aliphatic carbocycles. The molecule has 1 fully saturated rings. The van der Waals surface area contributed by atoms with E-state index in [0.29, 0.717) is 32.9 Å². The van der Waals surface area contributed by atoms with Crippen molar-refractivity contribution < 1.29 is 19.0 Å². The minimum absolute atomic E-state index is 0.0436. The Morgan fingerprint density at radius 1 is 1.45 bits per heavy atom. The number of hydrogen-bond acceptors (Lipinski definition) is 5. The predicted octanol–water partition coefficient (Wildman–Crippen LogP) is 0.705. The zero-order valence-corrected chi connectivity index (χ0v) is 13.1. The molecule has 22 heavy (non-hydrogen) atoms. The third-order valence-corrected chi connectivity index (χ3v) is 3.52. The molecule has 0 unspecified atom stereocenters. The van der Waals surface area contributed by atoms with Crippen LogP contribution < -0.4 is 15.4 Å². The van der Waals surface area contributed by atoms with Gasteiger partial charge in [-0.05, 0) is 24.6 Å². The summed E-state index contributed by atoms with van der Waals surface area (Å²) in [5, 5.41) is 6.11. The highest BCUT2D eigenvalue weighted by Gasteiger charge is 2.27. The average Bonchev–Trinajstić information content (AvgIpc) is 2.54. The number of carbonyl (C=O) groups is 1. The summed E-state index contributed by atoms with van der Waals surface area (Å²) in [6, 6.07) is 7.38. The van der Waals surface area contributed by atoms with E-state index >= 15 is 0 Å². The van der Waals surface area contributed by atoms with Gasteiger partial charge in [0.15, 0.2) is 0 Å². The topological polar surface area (TPSA) is 68.8 Å². The quantitative estimate of drug-likeness (QED) is 0.726. The summed E-state index contributed by atoms with van der Waals surface area (Å²) in [7, 11) is 1.64. The van der Waals surface area contributed by atoms with Crippen LogP contribution in [0, 0.1) is 0 Å². The smallest absolute Gasteiger partial charge is 0.240 e. The zero-order chi connectivity index (χ0) is 15.8. The normalized spacial score (nSPS) is 21.4. The molecule has 1 saturated heterocycles. The minimum Gasteiger partial charge on any atom is -0.491 e. The molecule has 1 aromatic rings. The third-order valence-electron chi connectivity index (χ3n) is 3.52. The van der Waals surface area contributed by atoms with Crippen molar-refractivity contribution in [2.75, 3.05) is 33.5 Å². The molecule has 6 heteroatoms. The number of benzene rings is 1. The number of rotatable bonds is 7. The zero-order valence-electron chi connectivity index (χ0n) is 13.1. The molecular weight excluding hydrogens is 284 g/mol. The summed E-state index contributed by atoms with van der Waals surface area (Å²) in [4.78, 5) is 12.2. The lowest BCUT2D eigenvalue weighted by atomic mass is 10.1. The first-order valence-electron chi connectivity index (χ1n) is 7.54. The van der Waals surface area contributed by atoms with Gasteiger partial charge in [0.1, 0.15) is 18.4 Å². The Hall–Kier alpha value is -1.63. The second-order valence-electron chi connectivity index (χ2n) is 5.21. The first-order valence-corrected chi connectivity index (χ1v) is 7.54. The fraction of sp³-hybridized carbons (Fsp3) is 0.562. The third kappa shape index (κ3) is 4.98. The Kier molecular flexibility index (Phi) is 6.64. The fourth-order valence-electron chi connectivity index (χ4n) is 2.31. The number of morpholine rings is 1. The standard InChI is InChI=1S/C16H24N2O4/c1-12-15(17-6-7-21-12)16(19)18-11-13-4-3-5-14(10-13)22-9-8-20-2/h3-5,10,12,15,17H,6-9,11H2,1-2H3,(H,18,19)/t12-,15+/m1/s1. The van der Waals surface area contributed by atoms with E-state index in [4.69, 9.17) is 14.2 Å². The number of ether oxygens (including phenoxy) is 3. The van der Waals surface area contributed by atoms with Crippen LogP contribution in [0.25, 0.3) is 0 Å². The van der Waals surface area contributed by atoms with Crippen LogP contribution in [-0.4, -0.2) is 51.5 Å². The van der Waals surface area contributed by atoms with Gasteiger partial charge in [0, 0.05) is 20.2 Å². The van der Waals surface area contributed by atoms with Gasteiger partial charge >= 0.3 is 0 Å². The van der Waals surface area contributed by atoms with Gasteiger partial charge in [-0.1, -0.05) is 12.1 Å². The second-order valence-corrected chi connectivity index (χ2v) is 5.21. The first kappa shape index (κ1) is 16.7. The summed E-state index contributed by atoms with van der Waals surface area (Å²) in [6.07, 6.45) is -0.113.